The van der Waals surface area contributed by atoms with Crippen LogP contribution in [0.5, 0.6) is 0 Å². The Morgan fingerprint density at radius 1 is 1.36 bits per heavy atom. The molecule has 2 aliphatic rings. The zero-order valence-electron chi connectivity index (χ0n) is 15.1. The average Bonchev–Trinajstić information content (AvgIpc) is 3.08. The van der Waals surface area contributed by atoms with Gasteiger partial charge in [-0.1, -0.05) is 6.42 Å². The van der Waals surface area contributed by atoms with Crippen molar-refractivity contribution in [3.63, 3.8) is 0 Å². The molecule has 2 bridgehead atoms. The van der Waals surface area contributed by atoms with Gasteiger partial charge in [0.2, 0.25) is 11.8 Å². The monoisotopic (exact) mass is 347 g/mol. The van der Waals surface area contributed by atoms with Crippen LogP contribution in [-0.2, 0) is 9.59 Å². The molecule has 0 spiro atoms. The SMILES string of the molecule is CC(C(=O)N(C)CC(=O)NC1C2CCCC1CC(N)C2)n1cccn1. The summed E-state index contributed by atoms with van der Waals surface area (Å²) in [6, 6.07) is 1.85. The third kappa shape index (κ3) is 4.03. The van der Waals surface area contributed by atoms with Gasteiger partial charge in [0, 0.05) is 31.5 Å². The first-order valence-electron chi connectivity index (χ1n) is 9.24. The van der Waals surface area contributed by atoms with E-state index in [1.54, 1.807) is 37.1 Å². The van der Waals surface area contributed by atoms with E-state index in [1.165, 1.54) is 11.3 Å². The van der Waals surface area contributed by atoms with Crippen molar-refractivity contribution in [1.82, 2.24) is 20.0 Å². The second kappa shape index (κ2) is 7.56. The maximum absolute atomic E-state index is 12.5. The van der Waals surface area contributed by atoms with Gasteiger partial charge in [0.25, 0.3) is 0 Å². The first-order valence-corrected chi connectivity index (χ1v) is 9.24. The Morgan fingerprint density at radius 3 is 2.64 bits per heavy atom. The Bertz CT molecular complexity index is 589. The van der Waals surface area contributed by atoms with Crippen molar-refractivity contribution in [3.8, 4) is 0 Å². The molecule has 0 aliphatic heterocycles. The minimum Gasteiger partial charge on any atom is -0.351 e. The third-order valence-electron chi connectivity index (χ3n) is 5.74. The predicted molar refractivity (Wildman–Crippen MR) is 94.5 cm³/mol. The highest BCUT2D eigenvalue weighted by molar-refractivity contribution is 5.86. The molecule has 3 unspecified atom stereocenters. The molecular weight excluding hydrogens is 318 g/mol. The highest BCUT2D eigenvalue weighted by Gasteiger charge is 2.40. The molecule has 2 aliphatic carbocycles. The summed E-state index contributed by atoms with van der Waals surface area (Å²) in [5, 5.41) is 7.28. The summed E-state index contributed by atoms with van der Waals surface area (Å²) in [6.45, 7) is 1.86. The van der Waals surface area contributed by atoms with E-state index in [9.17, 15) is 9.59 Å². The van der Waals surface area contributed by atoms with Crippen LogP contribution in [0.25, 0.3) is 0 Å². The molecule has 7 nitrogen and oxygen atoms in total. The van der Waals surface area contributed by atoms with Gasteiger partial charge in [0.1, 0.15) is 6.04 Å². The van der Waals surface area contributed by atoms with Gasteiger partial charge < -0.3 is 16.0 Å². The molecule has 138 valence electrons. The lowest BCUT2D eigenvalue weighted by molar-refractivity contribution is -0.137. The average molecular weight is 347 g/mol. The van der Waals surface area contributed by atoms with Crippen molar-refractivity contribution in [3.05, 3.63) is 18.5 Å². The van der Waals surface area contributed by atoms with Crippen LogP contribution in [0.15, 0.2) is 18.5 Å². The van der Waals surface area contributed by atoms with Gasteiger partial charge >= 0.3 is 0 Å². The molecule has 1 aromatic rings. The molecule has 2 amide bonds. The minimum absolute atomic E-state index is 0.0758. The summed E-state index contributed by atoms with van der Waals surface area (Å²) < 4.78 is 1.60. The van der Waals surface area contributed by atoms with Crippen LogP contribution < -0.4 is 11.1 Å². The number of hydrogen-bond acceptors (Lipinski definition) is 4. The number of amides is 2. The fourth-order valence-electron chi connectivity index (χ4n) is 4.49. The summed E-state index contributed by atoms with van der Waals surface area (Å²) >= 11 is 0. The molecule has 0 saturated heterocycles. The largest absolute Gasteiger partial charge is 0.351 e. The summed E-state index contributed by atoms with van der Waals surface area (Å²) in [5.41, 5.74) is 6.14. The Hall–Kier alpha value is -1.89. The van der Waals surface area contributed by atoms with Crippen LogP contribution >= 0.6 is 0 Å². The van der Waals surface area contributed by atoms with Crippen LogP contribution in [0.4, 0.5) is 0 Å². The van der Waals surface area contributed by atoms with E-state index in [0.29, 0.717) is 11.8 Å². The summed E-state index contributed by atoms with van der Waals surface area (Å²) in [6.07, 6.45) is 8.89. The molecule has 25 heavy (non-hydrogen) atoms. The number of nitrogens with two attached hydrogens (primary N) is 1. The lowest BCUT2D eigenvalue weighted by Crippen LogP contribution is -2.55. The van der Waals surface area contributed by atoms with Gasteiger partial charge in [0.05, 0.1) is 6.54 Å². The highest BCUT2D eigenvalue weighted by Crippen LogP contribution is 2.39. The highest BCUT2D eigenvalue weighted by atomic mass is 16.2. The van der Waals surface area contributed by atoms with E-state index in [2.05, 4.69) is 10.4 Å². The second-order valence-corrected chi connectivity index (χ2v) is 7.63. The Kier molecular flexibility index (Phi) is 5.42. The van der Waals surface area contributed by atoms with Crippen molar-refractivity contribution in [2.45, 2.75) is 57.2 Å². The zero-order chi connectivity index (χ0) is 18.0. The normalized spacial score (nSPS) is 29.7. The molecule has 0 aromatic carbocycles. The van der Waals surface area contributed by atoms with Crippen LogP contribution in [0, 0.1) is 11.8 Å². The van der Waals surface area contributed by atoms with Crippen LogP contribution in [0.3, 0.4) is 0 Å². The predicted octanol–water partition coefficient (Wildman–Crippen LogP) is 0.925. The van der Waals surface area contributed by atoms with Crippen molar-refractivity contribution in [2.75, 3.05) is 13.6 Å². The molecule has 0 radical (unpaired) electrons. The van der Waals surface area contributed by atoms with Crippen LogP contribution in [0.2, 0.25) is 0 Å². The van der Waals surface area contributed by atoms with Crippen molar-refractivity contribution in [2.24, 2.45) is 17.6 Å². The number of carbonyl (C=O) groups excluding carboxylic acids is 2. The molecule has 3 atom stereocenters. The second-order valence-electron chi connectivity index (χ2n) is 7.63. The van der Waals surface area contributed by atoms with E-state index in [1.807, 2.05) is 0 Å². The first-order chi connectivity index (χ1) is 12.0. The maximum atomic E-state index is 12.5. The minimum atomic E-state index is -0.417. The van der Waals surface area contributed by atoms with Gasteiger partial charge in [-0.25, -0.2) is 0 Å². The number of fused-ring (bicyclic) bond motifs is 2. The first kappa shape index (κ1) is 17.9. The molecule has 2 fully saturated rings. The summed E-state index contributed by atoms with van der Waals surface area (Å²) in [5.74, 6) is 0.761. The molecule has 7 heteroatoms. The van der Waals surface area contributed by atoms with Crippen molar-refractivity contribution < 1.29 is 9.59 Å². The number of nitrogens with zero attached hydrogens (tertiary/aromatic N) is 3. The zero-order valence-corrected chi connectivity index (χ0v) is 15.1. The third-order valence-corrected chi connectivity index (χ3v) is 5.74. The fourth-order valence-corrected chi connectivity index (χ4v) is 4.49. The molecule has 2 saturated carbocycles. The topological polar surface area (TPSA) is 93.3 Å². The summed E-state index contributed by atoms with van der Waals surface area (Å²) in [4.78, 5) is 26.4. The number of likely N-dealkylation sites (N-methyl/N-ethyl adjacent to an activating group) is 1. The number of nitrogens with one attached hydrogen (secondary N) is 1. The standard InChI is InChI=1S/C18H29N5O2/c1-12(23-8-4-7-20-23)18(25)22(2)11-16(24)21-17-13-5-3-6-14(17)10-15(19)9-13/h4,7-8,12-15,17H,3,5-6,9-11,19H2,1-2H3,(H,21,24). The number of aromatic nitrogens is 2. The van der Waals surface area contributed by atoms with Crippen LogP contribution in [-0.4, -0.2) is 52.2 Å². The van der Waals surface area contributed by atoms with Gasteiger partial charge in [-0.2, -0.15) is 5.10 Å². The fraction of sp³-hybridized carbons (Fsp3) is 0.722. The quantitative estimate of drug-likeness (QED) is 0.828. The van der Waals surface area contributed by atoms with Crippen molar-refractivity contribution >= 4 is 11.8 Å². The van der Waals surface area contributed by atoms with Crippen molar-refractivity contribution in [1.29, 1.82) is 0 Å². The molecular formula is C18H29N5O2. The molecule has 1 aromatic heterocycles. The Morgan fingerprint density at radius 2 is 2.04 bits per heavy atom. The smallest absolute Gasteiger partial charge is 0.247 e. The molecule has 3 N–H and O–H groups in total. The Labute approximate surface area is 148 Å². The van der Waals surface area contributed by atoms with Crippen LogP contribution in [0.1, 0.15) is 45.1 Å². The van der Waals surface area contributed by atoms with Gasteiger partial charge in [-0.3, -0.25) is 14.3 Å². The maximum Gasteiger partial charge on any atom is 0.247 e. The van der Waals surface area contributed by atoms with E-state index < -0.39 is 6.04 Å². The molecule has 3 rings (SSSR count). The Balaban J connectivity index is 1.54. The lowest BCUT2D eigenvalue weighted by Gasteiger charge is -2.45. The number of carbonyl (C=O) groups is 2. The van der Waals surface area contributed by atoms with E-state index in [0.717, 1.165) is 25.7 Å². The van der Waals surface area contributed by atoms with E-state index in [-0.39, 0.29) is 30.4 Å². The number of rotatable bonds is 5. The molecule has 1 heterocycles. The van der Waals surface area contributed by atoms with Gasteiger partial charge in [0.15, 0.2) is 0 Å². The van der Waals surface area contributed by atoms with Gasteiger partial charge in [-0.15, -0.1) is 0 Å². The van der Waals surface area contributed by atoms with E-state index in [4.69, 9.17) is 5.73 Å². The van der Waals surface area contributed by atoms with E-state index >= 15 is 0 Å². The van der Waals surface area contributed by atoms with Gasteiger partial charge in [-0.05, 0) is 50.5 Å². The number of hydrogen-bond donors (Lipinski definition) is 2. The summed E-state index contributed by atoms with van der Waals surface area (Å²) in [7, 11) is 1.67. The lowest BCUT2D eigenvalue weighted by atomic mass is 9.67.